The molecule has 4 rings (SSSR count). The number of carbonyl (C=O) groups excluding carboxylic acids is 1. The van der Waals surface area contributed by atoms with Gasteiger partial charge < -0.3 is 10.7 Å². The van der Waals surface area contributed by atoms with Crippen molar-refractivity contribution in [2.75, 3.05) is 26.3 Å². The number of likely N-dealkylation sites (tertiary alicyclic amines) is 1. The number of alkyl halides is 1. The monoisotopic (exact) mass is 347 g/mol. The van der Waals surface area contributed by atoms with E-state index in [1.807, 2.05) is 0 Å². The number of carbonyl (C=O) groups is 1. The number of nitrogens with one attached hydrogen (secondary N) is 1. The van der Waals surface area contributed by atoms with Crippen LogP contribution >= 0.6 is 0 Å². The molecule has 3 heterocycles. The molecule has 132 valence electrons. The summed E-state index contributed by atoms with van der Waals surface area (Å²) in [5.41, 5.74) is 7.93. The second-order valence-electron chi connectivity index (χ2n) is 6.93. The Morgan fingerprint density at radius 3 is 3.00 bits per heavy atom. The van der Waals surface area contributed by atoms with Crippen molar-refractivity contribution in [3.05, 3.63) is 35.3 Å². The normalized spacial score (nSPS) is 21.6. The highest BCUT2D eigenvalue weighted by Crippen LogP contribution is 2.37. The molecule has 0 radical (unpaired) electrons. The minimum absolute atomic E-state index is 0.0894. The van der Waals surface area contributed by atoms with Crippen molar-refractivity contribution in [1.29, 1.82) is 0 Å². The second kappa shape index (κ2) is 5.52. The summed E-state index contributed by atoms with van der Waals surface area (Å²) in [6.07, 6.45) is 2.64. The Labute approximate surface area is 142 Å². The van der Waals surface area contributed by atoms with E-state index in [2.05, 4.69) is 21.9 Å². The van der Waals surface area contributed by atoms with Gasteiger partial charge in [0.05, 0.1) is 17.3 Å². The van der Waals surface area contributed by atoms with Gasteiger partial charge in [0, 0.05) is 24.1 Å². The molecule has 3 N–H and O–H groups in total. The smallest absolute Gasteiger partial charge is 0.251 e. The van der Waals surface area contributed by atoms with Crippen LogP contribution < -0.4 is 5.73 Å². The van der Waals surface area contributed by atoms with Crippen LogP contribution in [-0.4, -0.2) is 51.7 Å². The first-order valence-electron chi connectivity index (χ1n) is 8.20. The van der Waals surface area contributed by atoms with Gasteiger partial charge in [-0.15, -0.1) is 0 Å². The summed E-state index contributed by atoms with van der Waals surface area (Å²) in [7, 11) is 0. The molecule has 0 bridgehead atoms. The van der Waals surface area contributed by atoms with Gasteiger partial charge >= 0.3 is 0 Å². The molecular formula is C17H19F2N5O. The molecule has 1 aliphatic rings. The molecule has 2 aromatic heterocycles. The van der Waals surface area contributed by atoms with Crippen molar-refractivity contribution in [3.63, 3.8) is 0 Å². The lowest BCUT2D eigenvalue weighted by molar-refractivity contribution is 0.100. The first-order valence-corrected chi connectivity index (χ1v) is 8.20. The molecule has 0 aliphatic carbocycles. The van der Waals surface area contributed by atoms with Gasteiger partial charge in [0.1, 0.15) is 23.7 Å². The Bertz CT molecular complexity index is 978. The highest BCUT2D eigenvalue weighted by molar-refractivity contribution is 6.05. The maximum absolute atomic E-state index is 13.8. The minimum atomic E-state index is -0.705. The predicted octanol–water partition coefficient (Wildman–Crippen LogP) is 1.99. The molecule has 1 atom stereocenters. The van der Waals surface area contributed by atoms with E-state index in [0.29, 0.717) is 23.2 Å². The zero-order valence-corrected chi connectivity index (χ0v) is 13.9. The third-order valence-corrected chi connectivity index (χ3v) is 5.18. The number of hydrogen-bond donors (Lipinski definition) is 2. The average Bonchev–Trinajstić information content (AvgIpc) is 3.20. The Kier molecular flexibility index (Phi) is 3.54. The van der Waals surface area contributed by atoms with Gasteiger partial charge in [-0.2, -0.15) is 5.10 Å². The van der Waals surface area contributed by atoms with Crippen LogP contribution in [0.15, 0.2) is 18.3 Å². The zero-order chi connectivity index (χ0) is 17.8. The van der Waals surface area contributed by atoms with E-state index >= 15 is 0 Å². The number of rotatable bonds is 4. The Hall–Kier alpha value is -2.48. The van der Waals surface area contributed by atoms with Crippen LogP contribution in [0.2, 0.25) is 0 Å². The van der Waals surface area contributed by atoms with Crippen LogP contribution in [0, 0.1) is 5.82 Å². The van der Waals surface area contributed by atoms with Crippen LogP contribution in [0.1, 0.15) is 29.3 Å². The molecule has 25 heavy (non-hydrogen) atoms. The van der Waals surface area contributed by atoms with Crippen molar-refractivity contribution < 1.29 is 13.6 Å². The summed E-state index contributed by atoms with van der Waals surface area (Å²) in [6.45, 7) is 3.71. The quantitative estimate of drug-likeness (QED) is 0.757. The summed E-state index contributed by atoms with van der Waals surface area (Å²) in [5.74, 6) is -1.24. The van der Waals surface area contributed by atoms with Crippen LogP contribution in [0.3, 0.4) is 0 Å². The molecule has 3 aromatic rings. The van der Waals surface area contributed by atoms with E-state index in [4.69, 9.17) is 5.73 Å². The number of imidazole rings is 1. The lowest BCUT2D eigenvalue weighted by Gasteiger charge is -2.23. The van der Waals surface area contributed by atoms with E-state index in [0.717, 1.165) is 31.1 Å². The lowest BCUT2D eigenvalue weighted by atomic mass is 9.83. The fraction of sp³-hybridized carbons (Fsp3) is 0.412. The molecule has 1 amide bonds. The van der Waals surface area contributed by atoms with Crippen LogP contribution in [0.5, 0.6) is 0 Å². The van der Waals surface area contributed by atoms with Crippen molar-refractivity contribution >= 4 is 22.6 Å². The number of amides is 1. The number of benzene rings is 1. The molecule has 0 spiro atoms. The summed E-state index contributed by atoms with van der Waals surface area (Å²) in [4.78, 5) is 17.0. The third kappa shape index (κ3) is 2.39. The number of halogens is 2. The zero-order valence-electron chi connectivity index (χ0n) is 13.9. The van der Waals surface area contributed by atoms with Crippen LogP contribution in [-0.2, 0) is 5.41 Å². The van der Waals surface area contributed by atoms with Crippen molar-refractivity contribution in [2.24, 2.45) is 5.73 Å². The first-order chi connectivity index (χ1) is 11.9. The number of aromatic amines is 1. The molecular weight excluding hydrogens is 328 g/mol. The summed E-state index contributed by atoms with van der Waals surface area (Å²) >= 11 is 0. The number of H-pyrrole nitrogens is 1. The maximum atomic E-state index is 13.8. The van der Waals surface area contributed by atoms with Crippen molar-refractivity contribution in [2.45, 2.75) is 18.8 Å². The predicted molar refractivity (Wildman–Crippen MR) is 89.9 cm³/mol. The van der Waals surface area contributed by atoms with E-state index in [1.54, 1.807) is 10.7 Å². The molecule has 1 saturated heterocycles. The SMILES string of the molecule is CC1(c2cnn3c2[nH]c2cc(F)cc(C(N)=O)c23)CCN(CCF)C1. The number of primary amides is 1. The Balaban J connectivity index is 1.88. The summed E-state index contributed by atoms with van der Waals surface area (Å²) in [5, 5.41) is 4.40. The highest BCUT2D eigenvalue weighted by atomic mass is 19.1. The van der Waals surface area contributed by atoms with E-state index in [9.17, 15) is 13.6 Å². The van der Waals surface area contributed by atoms with Crippen molar-refractivity contribution in [3.8, 4) is 0 Å². The van der Waals surface area contributed by atoms with Crippen molar-refractivity contribution in [1.82, 2.24) is 19.5 Å². The minimum Gasteiger partial charge on any atom is -0.366 e. The number of nitrogens with zero attached hydrogens (tertiary/aromatic N) is 3. The molecule has 1 fully saturated rings. The molecule has 1 aromatic carbocycles. The van der Waals surface area contributed by atoms with Gasteiger partial charge in [0.15, 0.2) is 0 Å². The topological polar surface area (TPSA) is 79.4 Å². The van der Waals surface area contributed by atoms with Gasteiger partial charge in [-0.3, -0.25) is 9.69 Å². The largest absolute Gasteiger partial charge is 0.366 e. The van der Waals surface area contributed by atoms with Gasteiger partial charge in [-0.1, -0.05) is 6.92 Å². The van der Waals surface area contributed by atoms with Gasteiger partial charge in [-0.05, 0) is 25.1 Å². The third-order valence-electron chi connectivity index (χ3n) is 5.18. The summed E-state index contributed by atoms with van der Waals surface area (Å²) in [6, 6.07) is 2.45. The first kappa shape index (κ1) is 16.0. The highest BCUT2D eigenvalue weighted by Gasteiger charge is 2.38. The molecule has 8 heteroatoms. The van der Waals surface area contributed by atoms with Gasteiger partial charge in [0.25, 0.3) is 5.91 Å². The van der Waals surface area contributed by atoms with Crippen LogP contribution in [0.4, 0.5) is 8.78 Å². The number of fused-ring (bicyclic) bond motifs is 3. The Morgan fingerprint density at radius 2 is 2.28 bits per heavy atom. The average molecular weight is 347 g/mol. The maximum Gasteiger partial charge on any atom is 0.251 e. The molecule has 6 nitrogen and oxygen atoms in total. The van der Waals surface area contributed by atoms with Crippen LogP contribution in [0.25, 0.3) is 16.7 Å². The Morgan fingerprint density at radius 1 is 1.48 bits per heavy atom. The fourth-order valence-corrected chi connectivity index (χ4v) is 3.90. The van der Waals surface area contributed by atoms with E-state index < -0.39 is 11.7 Å². The van der Waals surface area contributed by atoms with Gasteiger partial charge in [0.2, 0.25) is 0 Å². The lowest BCUT2D eigenvalue weighted by Crippen LogP contribution is -2.29. The standard InChI is InChI=1S/C17H19F2N5O/c1-17(2-4-23(9-17)5-3-18)12-8-21-24-14-11(15(20)25)6-10(19)7-13(14)22-16(12)24/h6-8,22H,2-5,9H2,1H3,(H2,20,25). The second-order valence-corrected chi connectivity index (χ2v) is 6.93. The molecule has 0 saturated carbocycles. The van der Waals surface area contributed by atoms with Gasteiger partial charge in [-0.25, -0.2) is 13.3 Å². The number of aromatic nitrogens is 3. The van der Waals surface area contributed by atoms with E-state index in [-0.39, 0.29) is 17.7 Å². The number of hydrogen-bond acceptors (Lipinski definition) is 3. The fourth-order valence-electron chi connectivity index (χ4n) is 3.90. The van der Waals surface area contributed by atoms with E-state index in [1.165, 1.54) is 6.07 Å². The summed E-state index contributed by atoms with van der Waals surface area (Å²) < 4.78 is 28.1. The molecule has 1 unspecified atom stereocenters. The molecule has 1 aliphatic heterocycles. The number of nitrogens with two attached hydrogens (primary N) is 1.